The minimum atomic E-state index is -0.568. The number of rotatable bonds is 7. The third-order valence-electron chi connectivity index (χ3n) is 3.35. The Balaban J connectivity index is 0.00000529. The second-order valence-corrected chi connectivity index (χ2v) is 6.97. The van der Waals surface area contributed by atoms with Gasteiger partial charge in [0.25, 0.3) is 5.91 Å². The normalized spacial score (nSPS) is 13.1. The summed E-state index contributed by atoms with van der Waals surface area (Å²) in [7, 11) is 0. The molecule has 138 valence electrons. The van der Waals surface area contributed by atoms with Crippen LogP contribution in [0.4, 0.5) is 0 Å². The minimum absolute atomic E-state index is 0. The van der Waals surface area contributed by atoms with Crippen LogP contribution in [0.5, 0.6) is 0 Å². The van der Waals surface area contributed by atoms with Gasteiger partial charge in [-0.15, -0.1) is 24.0 Å². The molecule has 0 aliphatic rings. The molecule has 0 radical (unpaired) electrons. The van der Waals surface area contributed by atoms with Gasteiger partial charge in [-0.1, -0.05) is 20.8 Å². The van der Waals surface area contributed by atoms with E-state index in [4.69, 9.17) is 10.2 Å². The number of carbonyl (C=O) groups excluding carboxylic acids is 1. The number of hydrogen-bond donors (Lipinski definition) is 3. The molecule has 1 unspecified atom stereocenters. The van der Waals surface area contributed by atoms with E-state index in [1.807, 2.05) is 6.92 Å². The maximum absolute atomic E-state index is 11.0. The van der Waals surface area contributed by atoms with Crippen LogP contribution in [-0.4, -0.2) is 24.5 Å². The van der Waals surface area contributed by atoms with Gasteiger partial charge in [0.2, 0.25) is 0 Å². The highest BCUT2D eigenvalue weighted by Crippen LogP contribution is 2.21. The van der Waals surface area contributed by atoms with E-state index in [0.29, 0.717) is 23.8 Å². The van der Waals surface area contributed by atoms with E-state index in [1.165, 1.54) is 0 Å². The van der Waals surface area contributed by atoms with E-state index in [9.17, 15) is 4.79 Å². The Morgan fingerprint density at radius 1 is 1.38 bits per heavy atom. The third-order valence-corrected chi connectivity index (χ3v) is 3.35. The van der Waals surface area contributed by atoms with Crippen molar-refractivity contribution >= 4 is 35.8 Å². The predicted octanol–water partition coefficient (Wildman–Crippen LogP) is 3.27. The van der Waals surface area contributed by atoms with Crippen molar-refractivity contribution in [3.8, 4) is 0 Å². The molecule has 7 heteroatoms. The molecule has 1 rings (SSSR count). The Hall–Kier alpha value is -1.25. The molecule has 0 aromatic carbocycles. The molecular weight excluding hydrogens is 419 g/mol. The van der Waals surface area contributed by atoms with Gasteiger partial charge in [-0.25, -0.2) is 4.99 Å². The number of furan rings is 1. The molecule has 0 aliphatic heterocycles. The molecule has 0 saturated carbocycles. The highest BCUT2D eigenvalue weighted by Gasteiger charge is 2.13. The molecule has 24 heavy (non-hydrogen) atoms. The first-order valence-electron chi connectivity index (χ1n) is 8.14. The van der Waals surface area contributed by atoms with Crippen LogP contribution in [0.2, 0.25) is 0 Å². The topological polar surface area (TPSA) is 92.6 Å². The molecule has 1 amide bonds. The van der Waals surface area contributed by atoms with E-state index in [1.54, 1.807) is 12.1 Å². The van der Waals surface area contributed by atoms with Gasteiger partial charge in [0.1, 0.15) is 12.3 Å². The molecule has 0 bridgehead atoms. The highest BCUT2D eigenvalue weighted by atomic mass is 127. The average Bonchev–Trinajstić information content (AvgIpc) is 2.91. The van der Waals surface area contributed by atoms with Crippen LogP contribution in [0, 0.1) is 5.41 Å². The Kier molecular flexibility index (Phi) is 10.0. The van der Waals surface area contributed by atoms with Crippen LogP contribution < -0.4 is 16.4 Å². The predicted molar refractivity (Wildman–Crippen MR) is 109 cm³/mol. The van der Waals surface area contributed by atoms with Crippen LogP contribution in [0.3, 0.4) is 0 Å². The third kappa shape index (κ3) is 9.14. The van der Waals surface area contributed by atoms with Crippen molar-refractivity contribution in [2.75, 3.05) is 6.54 Å². The van der Waals surface area contributed by atoms with Gasteiger partial charge in [0, 0.05) is 12.6 Å². The molecule has 1 aromatic heterocycles. The summed E-state index contributed by atoms with van der Waals surface area (Å²) in [6.45, 7) is 12.0. The smallest absolute Gasteiger partial charge is 0.284 e. The molecular formula is C17H31IN4O2. The molecule has 0 fully saturated rings. The fraction of sp³-hybridized carbons (Fsp3) is 0.647. The van der Waals surface area contributed by atoms with Crippen LogP contribution in [0.1, 0.15) is 63.8 Å². The molecule has 1 atom stereocenters. The maximum Gasteiger partial charge on any atom is 0.284 e. The van der Waals surface area contributed by atoms with E-state index in [-0.39, 0.29) is 29.7 Å². The molecule has 1 heterocycles. The lowest BCUT2D eigenvalue weighted by atomic mass is 9.89. The van der Waals surface area contributed by atoms with Crippen molar-refractivity contribution in [3.63, 3.8) is 0 Å². The van der Waals surface area contributed by atoms with Crippen LogP contribution in [0.25, 0.3) is 0 Å². The fourth-order valence-corrected chi connectivity index (χ4v) is 2.03. The number of guanidine groups is 1. The van der Waals surface area contributed by atoms with Crippen molar-refractivity contribution in [1.29, 1.82) is 0 Å². The number of nitrogens with two attached hydrogens (primary N) is 1. The Morgan fingerprint density at radius 2 is 2.04 bits per heavy atom. The van der Waals surface area contributed by atoms with Gasteiger partial charge >= 0.3 is 0 Å². The summed E-state index contributed by atoms with van der Waals surface area (Å²) in [6.07, 6.45) is 2.21. The summed E-state index contributed by atoms with van der Waals surface area (Å²) >= 11 is 0. The fourth-order valence-electron chi connectivity index (χ4n) is 2.03. The molecule has 0 saturated heterocycles. The maximum atomic E-state index is 11.0. The number of carbonyl (C=O) groups is 1. The van der Waals surface area contributed by atoms with Gasteiger partial charge in [-0.2, -0.15) is 0 Å². The molecule has 4 N–H and O–H groups in total. The number of halogens is 1. The zero-order chi connectivity index (χ0) is 17.5. The number of nitrogens with zero attached hydrogens (tertiary/aromatic N) is 1. The largest absolute Gasteiger partial charge is 0.454 e. The first-order valence-corrected chi connectivity index (χ1v) is 8.14. The number of aliphatic imine (C=N–C) groups is 1. The zero-order valence-corrected chi connectivity index (χ0v) is 17.6. The van der Waals surface area contributed by atoms with Crippen molar-refractivity contribution < 1.29 is 9.21 Å². The summed E-state index contributed by atoms with van der Waals surface area (Å²) < 4.78 is 5.33. The Labute approximate surface area is 162 Å². The average molecular weight is 450 g/mol. The van der Waals surface area contributed by atoms with Crippen LogP contribution in [0.15, 0.2) is 21.5 Å². The minimum Gasteiger partial charge on any atom is -0.454 e. The monoisotopic (exact) mass is 450 g/mol. The Bertz CT molecular complexity index is 535. The summed E-state index contributed by atoms with van der Waals surface area (Å²) in [5.41, 5.74) is 5.50. The Morgan fingerprint density at radius 3 is 2.54 bits per heavy atom. The van der Waals surface area contributed by atoms with E-state index < -0.39 is 5.91 Å². The summed E-state index contributed by atoms with van der Waals surface area (Å²) in [5, 5.41) is 6.61. The van der Waals surface area contributed by atoms with Crippen molar-refractivity contribution in [2.45, 2.75) is 60.0 Å². The highest BCUT2D eigenvalue weighted by molar-refractivity contribution is 14.0. The standard InChI is InChI=1S/C17H30N4O2.HI/c1-6-19-16(21-12(2)9-10-17(3,4)5)20-11-13-7-8-14(23-13)15(18)22;/h7-8,12H,6,9-11H2,1-5H3,(H2,18,22)(H2,19,20,21);1H. The lowest BCUT2D eigenvalue weighted by Gasteiger charge is -2.23. The zero-order valence-electron chi connectivity index (χ0n) is 15.3. The summed E-state index contributed by atoms with van der Waals surface area (Å²) in [6, 6.07) is 3.61. The lowest BCUT2D eigenvalue weighted by molar-refractivity contribution is 0.0972. The first kappa shape index (κ1) is 22.8. The molecule has 1 aromatic rings. The van der Waals surface area contributed by atoms with E-state index >= 15 is 0 Å². The van der Waals surface area contributed by atoms with Crippen LogP contribution in [-0.2, 0) is 6.54 Å². The van der Waals surface area contributed by atoms with Crippen molar-refractivity contribution in [2.24, 2.45) is 16.1 Å². The lowest BCUT2D eigenvalue weighted by Crippen LogP contribution is -2.42. The number of amides is 1. The van der Waals surface area contributed by atoms with E-state index in [0.717, 1.165) is 25.3 Å². The summed E-state index contributed by atoms with van der Waals surface area (Å²) in [4.78, 5) is 15.5. The number of hydrogen-bond acceptors (Lipinski definition) is 3. The second-order valence-electron chi connectivity index (χ2n) is 6.97. The van der Waals surface area contributed by atoms with Crippen molar-refractivity contribution in [1.82, 2.24) is 10.6 Å². The number of primary amides is 1. The van der Waals surface area contributed by atoms with E-state index in [2.05, 4.69) is 43.3 Å². The van der Waals surface area contributed by atoms with Gasteiger partial charge in [-0.05, 0) is 44.2 Å². The summed E-state index contributed by atoms with van der Waals surface area (Å²) in [5.74, 6) is 0.942. The van der Waals surface area contributed by atoms with Gasteiger partial charge in [-0.3, -0.25) is 4.79 Å². The van der Waals surface area contributed by atoms with Crippen molar-refractivity contribution in [3.05, 3.63) is 23.7 Å². The van der Waals surface area contributed by atoms with Crippen LogP contribution >= 0.6 is 24.0 Å². The molecule has 0 aliphatic carbocycles. The molecule has 0 spiro atoms. The van der Waals surface area contributed by atoms with Gasteiger partial charge in [0.05, 0.1) is 0 Å². The van der Waals surface area contributed by atoms with Gasteiger partial charge in [0.15, 0.2) is 11.7 Å². The quantitative estimate of drug-likeness (QED) is 0.338. The first-order chi connectivity index (χ1) is 10.7. The SMILES string of the molecule is CCNC(=NCc1ccc(C(N)=O)o1)NC(C)CCC(C)(C)C.I. The van der Waals surface area contributed by atoms with Gasteiger partial charge < -0.3 is 20.8 Å². The second kappa shape index (κ2) is 10.6. The number of nitrogens with one attached hydrogen (secondary N) is 2. The molecule has 6 nitrogen and oxygen atoms in total.